The van der Waals surface area contributed by atoms with Gasteiger partial charge in [-0.25, -0.2) is 4.98 Å². The normalized spacial score (nSPS) is 10.8. The maximum absolute atomic E-state index is 5.96. The van der Waals surface area contributed by atoms with Crippen LogP contribution in [0.15, 0.2) is 90.1 Å². The van der Waals surface area contributed by atoms with Crippen molar-refractivity contribution < 1.29 is 0 Å². The molecule has 4 rings (SSSR count). The van der Waals surface area contributed by atoms with Gasteiger partial charge in [0.1, 0.15) is 0 Å². The molecular weight excluding hydrogens is 360 g/mol. The van der Waals surface area contributed by atoms with Crippen LogP contribution in [0.1, 0.15) is 5.56 Å². The highest BCUT2D eigenvalue weighted by atomic mass is 35.5. The number of nitrogens with zero attached hydrogens (tertiary/aromatic N) is 1. The zero-order valence-corrected chi connectivity index (χ0v) is 15.6. The summed E-state index contributed by atoms with van der Waals surface area (Å²) in [6, 6.07) is 28.6. The number of hydrogen-bond donors (Lipinski definition) is 1. The topological polar surface area (TPSA) is 28.7 Å². The van der Waals surface area contributed by atoms with Gasteiger partial charge in [0, 0.05) is 21.9 Å². The summed E-state index contributed by atoms with van der Waals surface area (Å²) in [5, 5.41) is 1.67. The Morgan fingerprint density at radius 2 is 1.38 bits per heavy atom. The third-order valence-corrected chi connectivity index (χ3v) is 5.28. The van der Waals surface area contributed by atoms with Crippen molar-refractivity contribution in [2.45, 2.75) is 10.9 Å². The van der Waals surface area contributed by atoms with Gasteiger partial charge in [-0.2, -0.15) is 0 Å². The average molecular weight is 377 g/mol. The van der Waals surface area contributed by atoms with E-state index >= 15 is 0 Å². The molecule has 0 atom stereocenters. The van der Waals surface area contributed by atoms with E-state index in [2.05, 4.69) is 41.4 Å². The Labute approximate surface area is 162 Å². The summed E-state index contributed by atoms with van der Waals surface area (Å²) < 4.78 is 0. The lowest BCUT2D eigenvalue weighted by atomic mass is 10.1. The van der Waals surface area contributed by atoms with E-state index in [-0.39, 0.29) is 0 Å². The molecule has 4 heteroatoms. The first-order valence-electron chi connectivity index (χ1n) is 8.38. The lowest BCUT2D eigenvalue weighted by Gasteiger charge is -2.02. The van der Waals surface area contributed by atoms with Crippen molar-refractivity contribution >= 4 is 23.4 Å². The van der Waals surface area contributed by atoms with Crippen molar-refractivity contribution in [3.05, 3.63) is 95.5 Å². The molecule has 1 N–H and O–H groups in total. The molecule has 2 nitrogen and oxygen atoms in total. The van der Waals surface area contributed by atoms with Gasteiger partial charge in [-0.1, -0.05) is 96.2 Å². The highest BCUT2D eigenvalue weighted by molar-refractivity contribution is 7.98. The van der Waals surface area contributed by atoms with E-state index in [9.17, 15) is 0 Å². The van der Waals surface area contributed by atoms with E-state index in [1.165, 1.54) is 5.56 Å². The van der Waals surface area contributed by atoms with Gasteiger partial charge in [-0.15, -0.1) is 0 Å². The molecule has 4 aromatic rings. The van der Waals surface area contributed by atoms with Crippen LogP contribution in [0.2, 0.25) is 5.02 Å². The van der Waals surface area contributed by atoms with Crippen molar-refractivity contribution in [2.75, 3.05) is 0 Å². The standard InChI is InChI=1S/C22H17ClN2S/c23-19-13-11-16(12-14-19)15-26-22-24-20(17-7-3-1-4-8-17)21(25-22)18-9-5-2-6-10-18/h1-14H,15H2,(H,24,25). The van der Waals surface area contributed by atoms with Gasteiger partial charge in [-0.3, -0.25) is 0 Å². The molecule has 0 aliphatic heterocycles. The van der Waals surface area contributed by atoms with Crippen molar-refractivity contribution in [3.63, 3.8) is 0 Å². The minimum atomic E-state index is 0.759. The zero-order valence-electron chi connectivity index (χ0n) is 14.0. The summed E-state index contributed by atoms with van der Waals surface area (Å²) >= 11 is 7.66. The SMILES string of the molecule is Clc1ccc(CSc2nc(-c3ccccc3)c(-c3ccccc3)[nH]2)cc1. The summed E-state index contributed by atoms with van der Waals surface area (Å²) in [6.45, 7) is 0. The molecule has 0 spiro atoms. The maximum Gasteiger partial charge on any atom is 0.166 e. The first kappa shape index (κ1) is 17.0. The van der Waals surface area contributed by atoms with Crippen molar-refractivity contribution in [1.29, 1.82) is 0 Å². The molecule has 0 fully saturated rings. The van der Waals surface area contributed by atoms with Crippen molar-refractivity contribution in [3.8, 4) is 22.5 Å². The molecule has 0 saturated heterocycles. The fourth-order valence-corrected chi connectivity index (χ4v) is 3.72. The Morgan fingerprint density at radius 1 is 0.769 bits per heavy atom. The highest BCUT2D eigenvalue weighted by Gasteiger charge is 2.14. The third kappa shape index (κ3) is 3.85. The molecule has 0 aliphatic rings. The second kappa shape index (κ2) is 7.81. The van der Waals surface area contributed by atoms with E-state index in [1.807, 2.05) is 48.5 Å². The monoisotopic (exact) mass is 376 g/mol. The van der Waals surface area contributed by atoms with E-state index in [1.54, 1.807) is 11.8 Å². The van der Waals surface area contributed by atoms with Crippen LogP contribution in [-0.2, 0) is 5.75 Å². The summed E-state index contributed by atoms with van der Waals surface area (Å²) in [6.07, 6.45) is 0. The Hall–Kier alpha value is -2.49. The molecule has 0 aliphatic carbocycles. The first-order valence-corrected chi connectivity index (χ1v) is 9.74. The molecule has 0 radical (unpaired) electrons. The Kier molecular flexibility index (Phi) is 5.09. The lowest BCUT2D eigenvalue weighted by molar-refractivity contribution is 1.06. The maximum atomic E-state index is 5.96. The second-order valence-electron chi connectivity index (χ2n) is 5.91. The number of hydrogen-bond acceptors (Lipinski definition) is 2. The second-order valence-corrected chi connectivity index (χ2v) is 7.31. The average Bonchev–Trinajstić information content (AvgIpc) is 3.13. The number of aromatic nitrogens is 2. The Morgan fingerprint density at radius 3 is 2.04 bits per heavy atom. The number of rotatable bonds is 5. The van der Waals surface area contributed by atoms with Crippen LogP contribution in [0.5, 0.6) is 0 Å². The molecule has 26 heavy (non-hydrogen) atoms. The largest absolute Gasteiger partial charge is 0.332 e. The fraction of sp³-hybridized carbons (Fsp3) is 0.0455. The van der Waals surface area contributed by atoms with Crippen molar-refractivity contribution in [2.24, 2.45) is 0 Å². The van der Waals surface area contributed by atoms with Crippen LogP contribution < -0.4 is 0 Å². The summed E-state index contributed by atoms with van der Waals surface area (Å²) in [7, 11) is 0. The number of imidazole rings is 1. The Balaban J connectivity index is 1.66. The van der Waals surface area contributed by atoms with Gasteiger partial charge in [0.05, 0.1) is 11.4 Å². The van der Waals surface area contributed by atoms with E-state index < -0.39 is 0 Å². The molecule has 1 heterocycles. The number of H-pyrrole nitrogens is 1. The molecule has 0 bridgehead atoms. The molecule has 128 valence electrons. The summed E-state index contributed by atoms with van der Waals surface area (Å²) in [4.78, 5) is 8.37. The van der Waals surface area contributed by atoms with Crippen LogP contribution in [-0.4, -0.2) is 9.97 Å². The van der Waals surface area contributed by atoms with E-state index in [0.29, 0.717) is 0 Å². The molecule has 0 amide bonds. The number of nitrogens with one attached hydrogen (secondary N) is 1. The van der Waals surface area contributed by atoms with Crippen LogP contribution in [0.4, 0.5) is 0 Å². The van der Waals surface area contributed by atoms with Gasteiger partial charge in [-0.05, 0) is 17.7 Å². The number of benzene rings is 3. The zero-order chi connectivity index (χ0) is 17.8. The molecule has 1 aromatic heterocycles. The van der Waals surface area contributed by atoms with Gasteiger partial charge < -0.3 is 4.98 Å². The molecule has 3 aromatic carbocycles. The number of halogens is 1. The lowest BCUT2D eigenvalue weighted by Crippen LogP contribution is -1.82. The van der Waals surface area contributed by atoms with Gasteiger partial charge in [0.25, 0.3) is 0 Å². The van der Waals surface area contributed by atoms with Crippen LogP contribution >= 0.6 is 23.4 Å². The Bertz CT molecular complexity index is 923. The predicted octanol–water partition coefficient (Wildman–Crippen LogP) is 6.69. The summed E-state index contributed by atoms with van der Waals surface area (Å²) in [5.41, 5.74) is 5.50. The molecule has 0 unspecified atom stereocenters. The highest BCUT2D eigenvalue weighted by Crippen LogP contribution is 2.33. The molecular formula is C22H17ClN2S. The van der Waals surface area contributed by atoms with Crippen LogP contribution in [0, 0.1) is 0 Å². The quantitative estimate of drug-likeness (QED) is 0.393. The number of aromatic amines is 1. The van der Waals surface area contributed by atoms with Crippen LogP contribution in [0.3, 0.4) is 0 Å². The van der Waals surface area contributed by atoms with Crippen LogP contribution in [0.25, 0.3) is 22.5 Å². The van der Waals surface area contributed by atoms with Gasteiger partial charge >= 0.3 is 0 Å². The van der Waals surface area contributed by atoms with Gasteiger partial charge in [0.2, 0.25) is 0 Å². The van der Waals surface area contributed by atoms with E-state index in [0.717, 1.165) is 38.4 Å². The summed E-state index contributed by atoms with van der Waals surface area (Å²) in [5.74, 6) is 0.840. The minimum absolute atomic E-state index is 0.759. The minimum Gasteiger partial charge on any atom is -0.332 e. The first-order chi connectivity index (χ1) is 12.8. The van der Waals surface area contributed by atoms with E-state index in [4.69, 9.17) is 16.6 Å². The molecule has 0 saturated carbocycles. The fourth-order valence-electron chi connectivity index (χ4n) is 2.77. The third-order valence-electron chi connectivity index (χ3n) is 4.08. The van der Waals surface area contributed by atoms with Crippen molar-refractivity contribution in [1.82, 2.24) is 9.97 Å². The predicted molar refractivity (Wildman–Crippen MR) is 110 cm³/mol. The number of thioether (sulfide) groups is 1. The van der Waals surface area contributed by atoms with Gasteiger partial charge in [0.15, 0.2) is 5.16 Å². The smallest absolute Gasteiger partial charge is 0.166 e.